The second-order valence-electron chi connectivity index (χ2n) is 6.88. The molecule has 0 saturated carbocycles. The third-order valence-corrected chi connectivity index (χ3v) is 5.21. The van der Waals surface area contributed by atoms with Crippen LogP contribution in [0, 0.1) is 0 Å². The molecule has 0 bridgehead atoms. The Morgan fingerprint density at radius 3 is 2.64 bits per heavy atom. The number of halogens is 1. The van der Waals surface area contributed by atoms with Crippen LogP contribution in [-0.2, 0) is 17.9 Å². The summed E-state index contributed by atoms with van der Waals surface area (Å²) in [6, 6.07) is 14.5. The van der Waals surface area contributed by atoms with E-state index in [1.165, 1.54) is 0 Å². The average Bonchev–Trinajstić information content (AvgIpc) is 3.35. The molecule has 1 aliphatic rings. The van der Waals surface area contributed by atoms with E-state index in [4.69, 9.17) is 11.6 Å². The summed E-state index contributed by atoms with van der Waals surface area (Å²) in [7, 11) is 0. The van der Waals surface area contributed by atoms with Gasteiger partial charge in [-0.05, 0) is 43.2 Å². The van der Waals surface area contributed by atoms with Crippen LogP contribution in [0.4, 0.5) is 0 Å². The number of benzene rings is 2. The molecule has 1 aromatic heterocycles. The van der Waals surface area contributed by atoms with Crippen LogP contribution >= 0.6 is 11.6 Å². The van der Waals surface area contributed by atoms with Gasteiger partial charge in [-0.2, -0.15) is 0 Å². The highest BCUT2D eigenvalue weighted by molar-refractivity contribution is 6.30. The molecule has 0 aliphatic carbocycles. The first-order valence-electron chi connectivity index (χ1n) is 9.37. The number of nitrogens with zero attached hydrogens (tertiary/aromatic N) is 3. The van der Waals surface area contributed by atoms with Gasteiger partial charge in [-0.15, -0.1) is 0 Å². The Bertz CT molecular complexity index is 1020. The molecule has 0 radical (unpaired) electrons. The van der Waals surface area contributed by atoms with Crippen LogP contribution in [0.3, 0.4) is 0 Å². The summed E-state index contributed by atoms with van der Waals surface area (Å²) in [6.07, 6.45) is 2.11. The Labute approximate surface area is 168 Å². The van der Waals surface area contributed by atoms with E-state index >= 15 is 0 Å². The molecule has 0 unspecified atom stereocenters. The number of carbonyl (C=O) groups is 2. The molecule has 1 fully saturated rings. The number of carbonyl (C=O) groups excluding carboxylic acids is 2. The lowest BCUT2D eigenvalue weighted by atomic mass is 10.2. The van der Waals surface area contributed by atoms with E-state index in [0.29, 0.717) is 16.4 Å². The molecule has 2 amide bonds. The molecule has 0 spiro atoms. The molecule has 0 atom stereocenters. The van der Waals surface area contributed by atoms with E-state index in [9.17, 15) is 9.59 Å². The zero-order chi connectivity index (χ0) is 19.5. The van der Waals surface area contributed by atoms with Gasteiger partial charge in [-0.1, -0.05) is 29.8 Å². The van der Waals surface area contributed by atoms with Crippen molar-refractivity contribution in [3.63, 3.8) is 0 Å². The summed E-state index contributed by atoms with van der Waals surface area (Å²) in [5.41, 5.74) is 2.19. The first-order chi connectivity index (χ1) is 13.6. The maximum atomic E-state index is 12.7. The van der Waals surface area contributed by atoms with Gasteiger partial charge in [0, 0.05) is 23.7 Å². The van der Waals surface area contributed by atoms with E-state index in [2.05, 4.69) is 10.3 Å². The Kier molecular flexibility index (Phi) is 5.30. The monoisotopic (exact) mass is 396 g/mol. The number of amides is 2. The molecule has 3 aromatic rings. The summed E-state index contributed by atoms with van der Waals surface area (Å²) >= 11 is 5.97. The molecular formula is C21H21ClN4O2. The lowest BCUT2D eigenvalue weighted by Crippen LogP contribution is -2.32. The van der Waals surface area contributed by atoms with Crippen LogP contribution in [0.15, 0.2) is 48.5 Å². The van der Waals surface area contributed by atoms with E-state index in [-0.39, 0.29) is 24.9 Å². The van der Waals surface area contributed by atoms with Crippen molar-refractivity contribution >= 4 is 34.4 Å². The fourth-order valence-corrected chi connectivity index (χ4v) is 3.72. The molecule has 2 heterocycles. The second-order valence-corrected chi connectivity index (χ2v) is 7.32. The van der Waals surface area contributed by atoms with Crippen molar-refractivity contribution in [1.29, 1.82) is 0 Å². The van der Waals surface area contributed by atoms with Crippen LogP contribution in [0.25, 0.3) is 11.0 Å². The molecule has 28 heavy (non-hydrogen) atoms. The van der Waals surface area contributed by atoms with Gasteiger partial charge in [0.2, 0.25) is 5.91 Å². The molecule has 1 saturated heterocycles. The molecule has 144 valence electrons. The van der Waals surface area contributed by atoms with Crippen LogP contribution in [-0.4, -0.2) is 39.4 Å². The van der Waals surface area contributed by atoms with Crippen molar-refractivity contribution in [2.75, 3.05) is 13.1 Å². The van der Waals surface area contributed by atoms with Gasteiger partial charge in [0.25, 0.3) is 5.91 Å². The number of rotatable bonds is 5. The van der Waals surface area contributed by atoms with Crippen molar-refractivity contribution in [2.24, 2.45) is 0 Å². The highest BCUT2D eigenvalue weighted by Crippen LogP contribution is 2.18. The van der Waals surface area contributed by atoms with Crippen molar-refractivity contribution in [3.05, 3.63) is 64.9 Å². The standard InChI is InChI=1S/C21H21ClN4O2/c22-16-7-5-6-15(12-16)21(28)23-13-19-24-17-8-1-2-9-18(17)26(19)14-20(27)25-10-3-4-11-25/h1-2,5-9,12H,3-4,10-11,13-14H2,(H,23,28). The van der Waals surface area contributed by atoms with E-state index in [1.807, 2.05) is 33.7 Å². The lowest BCUT2D eigenvalue weighted by Gasteiger charge is -2.17. The normalized spacial score (nSPS) is 13.8. The average molecular weight is 397 g/mol. The number of imidazole rings is 1. The number of fused-ring (bicyclic) bond motifs is 1. The zero-order valence-electron chi connectivity index (χ0n) is 15.4. The third kappa shape index (κ3) is 3.87. The van der Waals surface area contributed by atoms with Gasteiger partial charge >= 0.3 is 0 Å². The van der Waals surface area contributed by atoms with Crippen molar-refractivity contribution in [3.8, 4) is 0 Å². The van der Waals surface area contributed by atoms with Crippen molar-refractivity contribution in [1.82, 2.24) is 19.8 Å². The highest BCUT2D eigenvalue weighted by Gasteiger charge is 2.21. The minimum atomic E-state index is -0.230. The predicted molar refractivity (Wildman–Crippen MR) is 108 cm³/mol. The Morgan fingerprint density at radius 2 is 1.86 bits per heavy atom. The molecule has 7 heteroatoms. The maximum absolute atomic E-state index is 12.7. The van der Waals surface area contributed by atoms with E-state index in [1.54, 1.807) is 24.3 Å². The van der Waals surface area contributed by atoms with Gasteiger partial charge in [0.05, 0.1) is 17.6 Å². The van der Waals surface area contributed by atoms with Gasteiger partial charge in [-0.3, -0.25) is 9.59 Å². The molecule has 1 aliphatic heterocycles. The van der Waals surface area contributed by atoms with Gasteiger partial charge in [0.15, 0.2) is 0 Å². The summed E-state index contributed by atoms with van der Waals surface area (Å²) in [6.45, 7) is 2.08. The molecular weight excluding hydrogens is 376 g/mol. The number of nitrogens with one attached hydrogen (secondary N) is 1. The summed E-state index contributed by atoms with van der Waals surface area (Å²) in [5, 5.41) is 3.39. The van der Waals surface area contributed by atoms with Crippen LogP contribution in [0.1, 0.15) is 29.0 Å². The largest absolute Gasteiger partial charge is 0.345 e. The second kappa shape index (κ2) is 8.02. The van der Waals surface area contributed by atoms with Gasteiger partial charge in [-0.25, -0.2) is 4.98 Å². The minimum Gasteiger partial charge on any atom is -0.345 e. The third-order valence-electron chi connectivity index (χ3n) is 4.98. The number of likely N-dealkylation sites (tertiary alicyclic amines) is 1. The first-order valence-corrected chi connectivity index (χ1v) is 9.75. The van der Waals surface area contributed by atoms with E-state index in [0.717, 1.165) is 37.0 Å². The van der Waals surface area contributed by atoms with E-state index < -0.39 is 0 Å². The van der Waals surface area contributed by atoms with Crippen LogP contribution < -0.4 is 5.32 Å². The Morgan fingerprint density at radius 1 is 1.07 bits per heavy atom. The summed E-state index contributed by atoms with van der Waals surface area (Å²) in [4.78, 5) is 31.6. The summed E-state index contributed by atoms with van der Waals surface area (Å²) in [5.74, 6) is 0.513. The predicted octanol–water partition coefficient (Wildman–Crippen LogP) is 3.24. The molecule has 4 rings (SSSR count). The number of hydrogen-bond acceptors (Lipinski definition) is 3. The Balaban J connectivity index is 1.55. The fraction of sp³-hybridized carbons (Fsp3) is 0.286. The molecule has 2 aromatic carbocycles. The van der Waals surface area contributed by atoms with Gasteiger partial charge in [0.1, 0.15) is 12.4 Å². The SMILES string of the molecule is O=C(NCc1nc2ccccc2n1CC(=O)N1CCCC1)c1cccc(Cl)c1. The van der Waals surface area contributed by atoms with Crippen LogP contribution in [0.5, 0.6) is 0 Å². The van der Waals surface area contributed by atoms with Gasteiger partial charge < -0.3 is 14.8 Å². The van der Waals surface area contributed by atoms with Crippen molar-refractivity contribution < 1.29 is 9.59 Å². The quantitative estimate of drug-likeness (QED) is 0.719. The Hall–Kier alpha value is -2.86. The molecule has 1 N–H and O–H groups in total. The van der Waals surface area contributed by atoms with Crippen LogP contribution in [0.2, 0.25) is 5.02 Å². The zero-order valence-corrected chi connectivity index (χ0v) is 16.2. The number of para-hydroxylation sites is 2. The minimum absolute atomic E-state index is 0.0862. The highest BCUT2D eigenvalue weighted by atomic mass is 35.5. The first kappa shape index (κ1) is 18.5. The molecule has 6 nitrogen and oxygen atoms in total. The number of hydrogen-bond donors (Lipinski definition) is 1. The topological polar surface area (TPSA) is 67.2 Å². The summed E-state index contributed by atoms with van der Waals surface area (Å²) < 4.78 is 1.90. The smallest absolute Gasteiger partial charge is 0.251 e. The lowest BCUT2D eigenvalue weighted by molar-refractivity contribution is -0.130. The number of aromatic nitrogens is 2. The van der Waals surface area contributed by atoms with Crippen molar-refractivity contribution in [2.45, 2.75) is 25.9 Å². The fourth-order valence-electron chi connectivity index (χ4n) is 3.53. The maximum Gasteiger partial charge on any atom is 0.251 e.